The van der Waals surface area contributed by atoms with Gasteiger partial charge in [-0.3, -0.25) is 19.2 Å². The number of cyclic esters (lactones) is 1. The number of ether oxygens (including phenoxy) is 3. The lowest BCUT2D eigenvalue weighted by Crippen LogP contribution is -2.47. The summed E-state index contributed by atoms with van der Waals surface area (Å²) in [6, 6.07) is 0. The summed E-state index contributed by atoms with van der Waals surface area (Å²) >= 11 is 0. The number of ketones is 1. The quantitative estimate of drug-likeness (QED) is 0.212. The maximum Gasteiger partial charge on any atom is 0.310 e. The molecule has 0 radical (unpaired) electrons. The zero-order valence-corrected chi connectivity index (χ0v) is 23.6. The molecule has 204 valence electrons. The molecular formula is C29H46O7. The predicted octanol–water partition coefficient (Wildman–Crippen LogP) is 5.44. The minimum atomic E-state index is -1.19. The molecule has 7 atom stereocenters. The van der Waals surface area contributed by atoms with Crippen molar-refractivity contribution in [3.05, 3.63) is 11.6 Å². The van der Waals surface area contributed by atoms with E-state index in [-0.39, 0.29) is 41.5 Å². The second-order valence-corrected chi connectivity index (χ2v) is 12.3. The Bertz CT molecular complexity index is 858. The predicted molar refractivity (Wildman–Crippen MR) is 137 cm³/mol. The molecule has 0 bridgehead atoms. The Morgan fingerprint density at radius 3 is 2.19 bits per heavy atom. The molecule has 0 N–H and O–H groups in total. The summed E-state index contributed by atoms with van der Waals surface area (Å²) in [5.41, 5.74) is -0.0247. The average Bonchev–Trinajstić information content (AvgIpc) is 3.23. The van der Waals surface area contributed by atoms with Crippen LogP contribution in [0.4, 0.5) is 0 Å². The molecule has 1 heterocycles. The highest BCUT2D eigenvalue weighted by Gasteiger charge is 2.67. The van der Waals surface area contributed by atoms with Gasteiger partial charge in [0.05, 0.1) is 17.8 Å². The van der Waals surface area contributed by atoms with Gasteiger partial charge in [0.15, 0.2) is 0 Å². The number of esters is 1. The topological polar surface area (TPSA) is 96.0 Å². The van der Waals surface area contributed by atoms with Gasteiger partial charge in [0, 0.05) is 0 Å². The number of allylic oxidation sites excluding steroid dienone is 1. The first-order valence-electron chi connectivity index (χ1n) is 13.2. The van der Waals surface area contributed by atoms with Gasteiger partial charge in [0.25, 0.3) is 12.9 Å². The number of Topliss-reactive ketones (excluding diaryl/α,β-unsaturated/α-hetero) is 1. The molecule has 0 aromatic heterocycles. The Morgan fingerprint density at radius 1 is 1.03 bits per heavy atom. The van der Waals surface area contributed by atoms with Crippen LogP contribution in [0.3, 0.4) is 0 Å². The third kappa shape index (κ3) is 5.86. The molecule has 7 nitrogen and oxygen atoms in total. The second-order valence-electron chi connectivity index (χ2n) is 12.3. The number of fused-ring (bicyclic) bond motifs is 1. The van der Waals surface area contributed by atoms with Crippen molar-refractivity contribution in [1.29, 1.82) is 0 Å². The van der Waals surface area contributed by atoms with Crippen LogP contribution in [0, 0.1) is 34.0 Å². The monoisotopic (exact) mass is 506 g/mol. The van der Waals surface area contributed by atoms with E-state index in [1.807, 2.05) is 26.8 Å². The maximum absolute atomic E-state index is 13.6. The molecule has 1 aliphatic heterocycles. The van der Waals surface area contributed by atoms with Crippen LogP contribution in [0.2, 0.25) is 0 Å². The van der Waals surface area contributed by atoms with E-state index in [2.05, 4.69) is 20.8 Å². The first-order chi connectivity index (χ1) is 16.7. The zero-order chi connectivity index (χ0) is 27.5. The van der Waals surface area contributed by atoms with Gasteiger partial charge in [-0.2, -0.15) is 0 Å². The number of hydrogen-bond donors (Lipinski definition) is 0. The van der Waals surface area contributed by atoms with E-state index in [0.717, 1.165) is 31.3 Å². The van der Waals surface area contributed by atoms with E-state index < -0.39 is 29.5 Å². The van der Waals surface area contributed by atoms with Crippen LogP contribution in [0.5, 0.6) is 0 Å². The third-order valence-electron chi connectivity index (χ3n) is 9.76. The van der Waals surface area contributed by atoms with E-state index >= 15 is 0 Å². The molecule has 7 heteroatoms. The molecule has 0 spiro atoms. The lowest BCUT2D eigenvalue weighted by molar-refractivity contribution is -0.161. The van der Waals surface area contributed by atoms with E-state index in [1.165, 1.54) is 0 Å². The summed E-state index contributed by atoms with van der Waals surface area (Å²) < 4.78 is 16.7. The summed E-state index contributed by atoms with van der Waals surface area (Å²) in [6.07, 6.45) is 3.21. The highest BCUT2D eigenvalue weighted by atomic mass is 16.6. The summed E-state index contributed by atoms with van der Waals surface area (Å²) in [4.78, 5) is 49.4. The molecule has 1 saturated carbocycles. The molecule has 1 saturated heterocycles. The van der Waals surface area contributed by atoms with Gasteiger partial charge in [0.1, 0.15) is 24.1 Å². The average molecular weight is 507 g/mol. The van der Waals surface area contributed by atoms with Gasteiger partial charge >= 0.3 is 5.97 Å². The largest absolute Gasteiger partial charge is 0.464 e. The van der Waals surface area contributed by atoms with Gasteiger partial charge in [-0.05, 0) is 75.2 Å². The fourth-order valence-electron chi connectivity index (χ4n) is 6.53. The zero-order valence-electron chi connectivity index (χ0n) is 23.6. The minimum Gasteiger partial charge on any atom is -0.464 e. The van der Waals surface area contributed by atoms with Crippen LogP contribution >= 0.6 is 0 Å². The molecular weight excluding hydrogens is 460 g/mol. The van der Waals surface area contributed by atoms with Crippen LogP contribution in [-0.4, -0.2) is 43.0 Å². The third-order valence-corrected chi connectivity index (χ3v) is 9.76. The van der Waals surface area contributed by atoms with Gasteiger partial charge < -0.3 is 14.2 Å². The SMILES string of the molecule is C/C=C(\C)C1CC2C(C)(C)C2(C)CCCC(C)C(OC=O)C(C)C(=O)C(C)(C)C(OC=O)CC(=O)O1. The van der Waals surface area contributed by atoms with Crippen molar-refractivity contribution in [3.63, 3.8) is 0 Å². The van der Waals surface area contributed by atoms with Crippen LogP contribution in [0.25, 0.3) is 0 Å². The lowest BCUT2D eigenvalue weighted by atomic mass is 9.72. The highest BCUT2D eigenvalue weighted by molar-refractivity contribution is 5.88. The van der Waals surface area contributed by atoms with Crippen molar-refractivity contribution in [2.24, 2.45) is 34.0 Å². The standard InChI is InChI=1S/C29H46O7/c1-10-18(2)21-14-22-28(7,8)29(22,9)13-11-12-19(3)25(35-17-31)20(4)26(33)27(5,6)23(34-16-30)15-24(32)36-21/h10,16-17,19-23,25H,11-15H2,1-9H3/b18-10+. The normalized spacial score (nSPS) is 37.8. The molecule has 2 fully saturated rings. The molecule has 36 heavy (non-hydrogen) atoms. The van der Waals surface area contributed by atoms with E-state index in [0.29, 0.717) is 12.4 Å². The first-order valence-corrected chi connectivity index (χ1v) is 13.2. The Kier molecular flexibility index (Phi) is 9.58. The van der Waals surface area contributed by atoms with Crippen molar-refractivity contribution in [2.75, 3.05) is 0 Å². The van der Waals surface area contributed by atoms with Crippen LogP contribution < -0.4 is 0 Å². The number of rotatable bonds is 5. The molecule has 0 aromatic rings. The van der Waals surface area contributed by atoms with E-state index in [1.54, 1.807) is 20.8 Å². The van der Waals surface area contributed by atoms with E-state index in [4.69, 9.17) is 14.2 Å². The molecule has 0 aromatic carbocycles. The Hall–Kier alpha value is -2.18. The number of hydrogen-bond acceptors (Lipinski definition) is 7. The molecule has 2 aliphatic rings. The Morgan fingerprint density at radius 2 is 1.64 bits per heavy atom. The summed E-state index contributed by atoms with van der Waals surface area (Å²) in [5.74, 6) is -1.04. The second kappa shape index (κ2) is 11.5. The van der Waals surface area contributed by atoms with Gasteiger partial charge in [-0.1, -0.05) is 47.1 Å². The molecule has 7 unspecified atom stereocenters. The van der Waals surface area contributed by atoms with Crippen LogP contribution in [-0.2, 0) is 33.4 Å². The van der Waals surface area contributed by atoms with Crippen molar-refractivity contribution >= 4 is 24.7 Å². The van der Waals surface area contributed by atoms with Crippen molar-refractivity contribution in [3.8, 4) is 0 Å². The van der Waals surface area contributed by atoms with Crippen molar-refractivity contribution in [2.45, 2.75) is 113 Å². The summed E-state index contributed by atoms with van der Waals surface area (Å²) in [5, 5.41) is 0. The van der Waals surface area contributed by atoms with Crippen molar-refractivity contribution in [1.82, 2.24) is 0 Å². The summed E-state index contributed by atoms with van der Waals surface area (Å²) in [6.45, 7) is 18.5. The minimum absolute atomic E-state index is 0.0322. The highest BCUT2D eigenvalue weighted by Crippen LogP contribution is 2.72. The van der Waals surface area contributed by atoms with E-state index in [9.17, 15) is 19.2 Å². The van der Waals surface area contributed by atoms with Gasteiger partial charge in [0.2, 0.25) is 0 Å². The maximum atomic E-state index is 13.6. The Balaban J connectivity index is 2.47. The Labute approximate surface area is 216 Å². The molecule has 0 amide bonds. The fourth-order valence-corrected chi connectivity index (χ4v) is 6.53. The van der Waals surface area contributed by atoms with Crippen LogP contribution in [0.15, 0.2) is 11.6 Å². The molecule has 2 rings (SSSR count). The number of carbonyl (C=O) groups excluding carboxylic acids is 4. The molecule has 1 aliphatic carbocycles. The number of carbonyl (C=O) groups is 4. The summed E-state index contributed by atoms with van der Waals surface area (Å²) in [7, 11) is 0. The van der Waals surface area contributed by atoms with Gasteiger partial charge in [-0.15, -0.1) is 0 Å². The smallest absolute Gasteiger partial charge is 0.310 e. The first kappa shape index (κ1) is 30.0. The van der Waals surface area contributed by atoms with Crippen molar-refractivity contribution < 1.29 is 33.4 Å². The van der Waals surface area contributed by atoms with Gasteiger partial charge in [-0.25, -0.2) is 0 Å². The van der Waals surface area contributed by atoms with Crippen LogP contribution in [0.1, 0.15) is 94.4 Å². The fraction of sp³-hybridized carbons (Fsp3) is 0.793. The lowest BCUT2D eigenvalue weighted by Gasteiger charge is -2.36.